The van der Waals surface area contributed by atoms with E-state index in [2.05, 4.69) is 4.90 Å². The van der Waals surface area contributed by atoms with Crippen LogP contribution in [-0.4, -0.2) is 48.3 Å². The summed E-state index contributed by atoms with van der Waals surface area (Å²) in [5, 5.41) is 0. The highest BCUT2D eigenvalue weighted by Crippen LogP contribution is 2.53. The number of esters is 1. The fourth-order valence-electron chi connectivity index (χ4n) is 4.53. The predicted molar refractivity (Wildman–Crippen MR) is 65.1 cm³/mol. The average Bonchev–Trinajstić information content (AvgIpc) is 2.85. The van der Waals surface area contributed by atoms with Crippen molar-refractivity contribution in [2.45, 2.75) is 55.9 Å². The van der Waals surface area contributed by atoms with Crippen molar-refractivity contribution in [3.05, 3.63) is 11.6 Å². The van der Waals surface area contributed by atoms with Crippen LogP contribution in [0, 0.1) is 0 Å². The van der Waals surface area contributed by atoms with Gasteiger partial charge >= 0.3 is 5.97 Å². The molecule has 2 saturated heterocycles. The smallest absolute Gasteiger partial charge is 0.331 e. The van der Waals surface area contributed by atoms with Gasteiger partial charge in [0.05, 0.1) is 12.1 Å². The summed E-state index contributed by atoms with van der Waals surface area (Å²) in [6.45, 7) is 1.08. The maximum Gasteiger partial charge on any atom is 0.331 e. The zero-order valence-corrected chi connectivity index (χ0v) is 10.7. The third-order valence-corrected chi connectivity index (χ3v) is 5.34. The van der Waals surface area contributed by atoms with Crippen molar-refractivity contribution in [2.24, 2.45) is 0 Å². The SMILES string of the molecule is CO[C@@H]1CCN2[C@@H]3CCC4=CC(=O)O[C@]4(C3)[C@H]2C1. The Labute approximate surface area is 107 Å². The number of methoxy groups -OCH3 is 1. The zero-order chi connectivity index (χ0) is 12.3. The Morgan fingerprint density at radius 2 is 2.39 bits per heavy atom. The number of rotatable bonds is 1. The summed E-state index contributed by atoms with van der Waals surface area (Å²) in [4.78, 5) is 14.2. The maximum absolute atomic E-state index is 11.7. The van der Waals surface area contributed by atoms with E-state index in [1.54, 1.807) is 13.2 Å². The van der Waals surface area contributed by atoms with Gasteiger partial charge in [-0.3, -0.25) is 4.90 Å². The summed E-state index contributed by atoms with van der Waals surface area (Å²) >= 11 is 0. The predicted octanol–water partition coefficient (Wildman–Crippen LogP) is 1.25. The van der Waals surface area contributed by atoms with E-state index in [0.29, 0.717) is 18.2 Å². The van der Waals surface area contributed by atoms with Crippen molar-refractivity contribution in [3.63, 3.8) is 0 Å². The molecule has 18 heavy (non-hydrogen) atoms. The van der Waals surface area contributed by atoms with Gasteiger partial charge in [-0.15, -0.1) is 0 Å². The van der Waals surface area contributed by atoms with Crippen LogP contribution in [-0.2, 0) is 14.3 Å². The molecule has 0 aromatic rings. The minimum absolute atomic E-state index is 0.132. The monoisotopic (exact) mass is 249 g/mol. The van der Waals surface area contributed by atoms with E-state index in [9.17, 15) is 4.79 Å². The largest absolute Gasteiger partial charge is 0.450 e. The molecule has 4 atom stereocenters. The maximum atomic E-state index is 11.7. The Hall–Kier alpha value is -0.870. The van der Waals surface area contributed by atoms with Crippen LogP contribution in [0.1, 0.15) is 32.1 Å². The van der Waals surface area contributed by atoms with Gasteiger partial charge < -0.3 is 9.47 Å². The average molecular weight is 249 g/mol. The molecule has 1 saturated carbocycles. The van der Waals surface area contributed by atoms with Crippen LogP contribution >= 0.6 is 0 Å². The Bertz CT molecular complexity index is 433. The number of nitrogens with zero attached hydrogens (tertiary/aromatic N) is 1. The summed E-state index contributed by atoms with van der Waals surface area (Å²) in [6, 6.07) is 0.956. The lowest BCUT2D eigenvalue weighted by molar-refractivity contribution is -0.150. The van der Waals surface area contributed by atoms with Gasteiger partial charge in [0.15, 0.2) is 5.60 Å². The van der Waals surface area contributed by atoms with Crippen LogP contribution in [0.15, 0.2) is 11.6 Å². The number of hydrogen-bond acceptors (Lipinski definition) is 4. The summed E-state index contributed by atoms with van der Waals surface area (Å²) in [6.07, 6.45) is 7.38. The Kier molecular flexibility index (Phi) is 2.19. The second-order valence-corrected chi connectivity index (χ2v) is 6.01. The molecule has 4 nitrogen and oxygen atoms in total. The molecule has 1 aliphatic carbocycles. The molecule has 0 N–H and O–H groups in total. The molecule has 2 bridgehead atoms. The third kappa shape index (κ3) is 1.25. The molecular weight excluding hydrogens is 230 g/mol. The van der Waals surface area contributed by atoms with Crippen molar-refractivity contribution < 1.29 is 14.3 Å². The van der Waals surface area contributed by atoms with Crippen molar-refractivity contribution in [2.75, 3.05) is 13.7 Å². The molecule has 4 rings (SSSR count). The first-order valence-electron chi connectivity index (χ1n) is 6.95. The van der Waals surface area contributed by atoms with Crippen molar-refractivity contribution in [1.82, 2.24) is 4.90 Å². The van der Waals surface area contributed by atoms with Crippen LogP contribution in [0.3, 0.4) is 0 Å². The van der Waals surface area contributed by atoms with E-state index in [4.69, 9.17) is 9.47 Å². The molecular formula is C14H19NO3. The molecule has 0 radical (unpaired) electrons. The lowest BCUT2D eigenvalue weighted by atomic mass is 9.77. The minimum Gasteiger partial charge on any atom is -0.450 e. The number of piperidine rings is 1. The summed E-state index contributed by atoms with van der Waals surface area (Å²) in [5.41, 5.74) is 0.949. The normalized spacial score (nSPS) is 46.4. The van der Waals surface area contributed by atoms with Gasteiger partial charge in [-0.25, -0.2) is 4.79 Å². The van der Waals surface area contributed by atoms with E-state index < -0.39 is 0 Å². The van der Waals surface area contributed by atoms with Gasteiger partial charge in [0.25, 0.3) is 0 Å². The molecule has 98 valence electrons. The molecule has 0 aromatic carbocycles. The zero-order valence-electron chi connectivity index (χ0n) is 10.7. The summed E-state index contributed by atoms with van der Waals surface area (Å²) in [7, 11) is 1.79. The van der Waals surface area contributed by atoms with E-state index in [1.165, 1.54) is 12.0 Å². The Morgan fingerprint density at radius 3 is 3.22 bits per heavy atom. The van der Waals surface area contributed by atoms with E-state index >= 15 is 0 Å². The summed E-state index contributed by atoms with van der Waals surface area (Å²) < 4.78 is 11.3. The fraction of sp³-hybridized carbons (Fsp3) is 0.786. The van der Waals surface area contributed by atoms with Gasteiger partial charge in [-0.2, -0.15) is 0 Å². The molecule has 3 aliphatic heterocycles. The molecule has 4 heteroatoms. The van der Waals surface area contributed by atoms with Gasteiger partial charge in [0.2, 0.25) is 0 Å². The first-order chi connectivity index (χ1) is 8.73. The molecule has 3 fully saturated rings. The van der Waals surface area contributed by atoms with E-state index in [0.717, 1.165) is 32.2 Å². The fourth-order valence-corrected chi connectivity index (χ4v) is 4.53. The van der Waals surface area contributed by atoms with Crippen LogP contribution in [0.4, 0.5) is 0 Å². The molecule has 0 amide bonds. The molecule has 0 aromatic heterocycles. The number of hydrogen-bond donors (Lipinski definition) is 0. The first kappa shape index (κ1) is 11.0. The topological polar surface area (TPSA) is 38.8 Å². The van der Waals surface area contributed by atoms with Gasteiger partial charge in [0, 0.05) is 32.2 Å². The van der Waals surface area contributed by atoms with E-state index in [1.807, 2.05) is 0 Å². The standard InChI is InChI=1S/C14H19NO3/c1-17-11-4-5-15-10-3-2-9-6-13(16)18-14(9,8-10)12(15)7-11/h6,10-12H,2-5,7-8H2,1H3/t10-,11-,12-,14+/m1/s1. The number of carbonyl (C=O) groups is 1. The highest BCUT2D eigenvalue weighted by molar-refractivity contribution is 5.87. The summed E-state index contributed by atoms with van der Waals surface area (Å²) in [5.74, 6) is -0.132. The number of ether oxygens (including phenoxy) is 2. The van der Waals surface area contributed by atoms with Gasteiger partial charge in [0.1, 0.15) is 0 Å². The minimum atomic E-state index is -0.294. The molecule has 3 heterocycles. The van der Waals surface area contributed by atoms with Crippen molar-refractivity contribution >= 4 is 5.97 Å². The second kappa shape index (κ2) is 3.58. The Morgan fingerprint density at radius 1 is 1.50 bits per heavy atom. The molecule has 4 aliphatic rings. The third-order valence-electron chi connectivity index (χ3n) is 5.34. The molecule has 1 spiro atoms. The van der Waals surface area contributed by atoms with Crippen LogP contribution in [0.25, 0.3) is 0 Å². The Balaban J connectivity index is 1.72. The lowest BCUT2D eigenvalue weighted by Gasteiger charge is -2.40. The van der Waals surface area contributed by atoms with Crippen LogP contribution in [0.2, 0.25) is 0 Å². The number of fused-ring (bicyclic) bond motifs is 3. The van der Waals surface area contributed by atoms with Crippen LogP contribution in [0.5, 0.6) is 0 Å². The second-order valence-electron chi connectivity index (χ2n) is 6.01. The van der Waals surface area contributed by atoms with Gasteiger partial charge in [-0.1, -0.05) is 0 Å². The van der Waals surface area contributed by atoms with Crippen LogP contribution < -0.4 is 0 Å². The molecule has 0 unspecified atom stereocenters. The lowest BCUT2D eigenvalue weighted by Crippen LogP contribution is -2.51. The highest BCUT2D eigenvalue weighted by atomic mass is 16.6. The van der Waals surface area contributed by atoms with Crippen molar-refractivity contribution in [3.8, 4) is 0 Å². The van der Waals surface area contributed by atoms with Crippen molar-refractivity contribution in [1.29, 1.82) is 0 Å². The first-order valence-corrected chi connectivity index (χ1v) is 6.95. The highest BCUT2D eigenvalue weighted by Gasteiger charge is 2.62. The van der Waals surface area contributed by atoms with E-state index in [-0.39, 0.29) is 11.6 Å². The quantitative estimate of drug-likeness (QED) is 0.656. The van der Waals surface area contributed by atoms with Gasteiger partial charge in [-0.05, 0) is 31.3 Å². The number of carbonyl (C=O) groups excluding carboxylic acids is 1.